The van der Waals surface area contributed by atoms with Crippen molar-refractivity contribution in [2.75, 3.05) is 0 Å². The summed E-state index contributed by atoms with van der Waals surface area (Å²) in [6.45, 7) is 3.43. The topological polar surface area (TPSA) is 108 Å². The molecule has 1 aromatic carbocycles. The van der Waals surface area contributed by atoms with Gasteiger partial charge in [0.25, 0.3) is 0 Å². The van der Waals surface area contributed by atoms with E-state index in [2.05, 4.69) is 10.1 Å². The van der Waals surface area contributed by atoms with Gasteiger partial charge in [0.15, 0.2) is 0 Å². The lowest BCUT2D eigenvalue weighted by molar-refractivity contribution is -0.387. The fourth-order valence-electron chi connectivity index (χ4n) is 1.71. The van der Waals surface area contributed by atoms with Crippen molar-refractivity contribution in [1.29, 1.82) is 0 Å². The first kappa shape index (κ1) is 15.0. The quantitative estimate of drug-likeness (QED) is 0.684. The lowest BCUT2D eigenvalue weighted by Gasteiger charge is -2.14. The molecule has 112 valence electrons. The minimum atomic E-state index is -1.35. The molecule has 0 aliphatic rings. The Hall–Kier alpha value is -2.42. The van der Waals surface area contributed by atoms with Crippen LogP contribution in [-0.2, 0) is 6.42 Å². The number of nitrogens with zero attached hydrogens (tertiary/aromatic N) is 3. The highest BCUT2D eigenvalue weighted by molar-refractivity contribution is 5.61. The predicted octanol–water partition coefficient (Wildman–Crippen LogP) is 2.20. The molecule has 1 heterocycles. The first-order chi connectivity index (χ1) is 9.69. The van der Waals surface area contributed by atoms with Crippen LogP contribution in [-0.4, -0.2) is 20.6 Å². The van der Waals surface area contributed by atoms with Gasteiger partial charge in [0.05, 0.1) is 4.92 Å². The van der Waals surface area contributed by atoms with Crippen LogP contribution in [0.1, 0.15) is 19.7 Å². The minimum Gasteiger partial charge on any atom is -0.339 e. The molecule has 1 aromatic heterocycles. The number of hydrogen-bond acceptors (Lipinski definition) is 6. The summed E-state index contributed by atoms with van der Waals surface area (Å²) in [7, 11) is 0. The summed E-state index contributed by atoms with van der Waals surface area (Å²) in [6, 6.07) is 1.51. The molecule has 21 heavy (non-hydrogen) atoms. The monoisotopic (exact) mass is 298 g/mol. The highest BCUT2D eigenvalue weighted by atomic mass is 19.1. The van der Waals surface area contributed by atoms with Crippen LogP contribution in [0.2, 0.25) is 0 Å². The molecule has 9 heteroatoms. The molecule has 0 saturated carbocycles. The zero-order valence-corrected chi connectivity index (χ0v) is 11.3. The number of benzene rings is 1. The number of nitro groups is 1. The summed E-state index contributed by atoms with van der Waals surface area (Å²) in [4.78, 5) is 13.5. The Morgan fingerprint density at radius 1 is 1.43 bits per heavy atom. The molecule has 0 aliphatic heterocycles. The van der Waals surface area contributed by atoms with Gasteiger partial charge >= 0.3 is 5.69 Å². The zero-order valence-electron chi connectivity index (χ0n) is 11.3. The van der Waals surface area contributed by atoms with Crippen LogP contribution < -0.4 is 5.73 Å². The van der Waals surface area contributed by atoms with Crippen LogP contribution in [0.25, 0.3) is 11.4 Å². The van der Waals surface area contributed by atoms with Crippen molar-refractivity contribution in [3.63, 3.8) is 0 Å². The van der Waals surface area contributed by atoms with Gasteiger partial charge in [-0.05, 0) is 19.9 Å². The normalized spacial score (nSPS) is 11.7. The summed E-state index contributed by atoms with van der Waals surface area (Å²) in [5.74, 6) is -2.67. The van der Waals surface area contributed by atoms with E-state index in [1.807, 2.05) is 0 Å². The maximum absolute atomic E-state index is 14.0. The highest BCUT2D eigenvalue weighted by Gasteiger charge is 2.26. The van der Waals surface area contributed by atoms with Gasteiger partial charge in [-0.25, -0.2) is 4.39 Å². The largest absolute Gasteiger partial charge is 0.339 e. The van der Waals surface area contributed by atoms with Crippen molar-refractivity contribution in [2.45, 2.75) is 25.8 Å². The van der Waals surface area contributed by atoms with Gasteiger partial charge in [-0.15, -0.1) is 0 Å². The molecule has 0 radical (unpaired) electrons. The fourth-order valence-corrected chi connectivity index (χ4v) is 1.71. The van der Waals surface area contributed by atoms with E-state index in [9.17, 15) is 18.9 Å². The molecular weight excluding hydrogens is 286 g/mol. The fraction of sp³-hybridized carbons (Fsp3) is 0.333. The number of hydrogen-bond donors (Lipinski definition) is 1. The number of aromatic nitrogens is 2. The average molecular weight is 298 g/mol. The van der Waals surface area contributed by atoms with Crippen molar-refractivity contribution in [3.05, 3.63) is 39.8 Å². The second-order valence-electron chi connectivity index (χ2n) is 5.19. The van der Waals surface area contributed by atoms with Gasteiger partial charge in [-0.3, -0.25) is 10.1 Å². The van der Waals surface area contributed by atoms with E-state index in [0.29, 0.717) is 0 Å². The summed E-state index contributed by atoms with van der Waals surface area (Å²) in [5.41, 5.74) is 3.56. The molecule has 0 atom stereocenters. The summed E-state index contributed by atoms with van der Waals surface area (Å²) < 4.78 is 32.6. The van der Waals surface area contributed by atoms with E-state index < -0.39 is 39.2 Å². The van der Waals surface area contributed by atoms with E-state index >= 15 is 0 Å². The second-order valence-corrected chi connectivity index (χ2v) is 5.19. The molecule has 7 nitrogen and oxygen atoms in total. The van der Waals surface area contributed by atoms with Gasteiger partial charge in [-0.1, -0.05) is 5.16 Å². The molecule has 0 saturated heterocycles. The van der Waals surface area contributed by atoms with Gasteiger partial charge in [0.1, 0.15) is 11.4 Å². The van der Waals surface area contributed by atoms with Crippen LogP contribution in [0, 0.1) is 21.7 Å². The lowest BCUT2D eigenvalue weighted by atomic mass is 10.0. The summed E-state index contributed by atoms with van der Waals surface area (Å²) >= 11 is 0. The first-order valence-electron chi connectivity index (χ1n) is 5.93. The standard InChI is InChI=1S/C12H12F2N4O3/c1-12(2,15)5-8-16-11(17-21-8)9-6(13)3-4-7(10(9)14)18(19)20/h3-4H,5,15H2,1-2H3. The third-order valence-corrected chi connectivity index (χ3v) is 2.57. The highest BCUT2D eigenvalue weighted by Crippen LogP contribution is 2.30. The smallest absolute Gasteiger partial charge is 0.305 e. The van der Waals surface area contributed by atoms with E-state index in [1.165, 1.54) is 0 Å². The number of rotatable bonds is 4. The Balaban J connectivity index is 2.47. The van der Waals surface area contributed by atoms with Crippen LogP contribution in [0.4, 0.5) is 14.5 Å². The van der Waals surface area contributed by atoms with Gasteiger partial charge in [-0.2, -0.15) is 9.37 Å². The average Bonchev–Trinajstić information content (AvgIpc) is 2.74. The van der Waals surface area contributed by atoms with Crippen molar-refractivity contribution < 1.29 is 18.2 Å². The van der Waals surface area contributed by atoms with Crippen molar-refractivity contribution in [1.82, 2.24) is 10.1 Å². The van der Waals surface area contributed by atoms with Crippen LogP contribution in [0.15, 0.2) is 16.7 Å². The van der Waals surface area contributed by atoms with Gasteiger partial charge in [0.2, 0.25) is 17.5 Å². The maximum Gasteiger partial charge on any atom is 0.305 e. The van der Waals surface area contributed by atoms with Crippen LogP contribution in [0.3, 0.4) is 0 Å². The summed E-state index contributed by atoms with van der Waals surface area (Å²) in [6.07, 6.45) is 0.193. The first-order valence-corrected chi connectivity index (χ1v) is 5.93. The minimum absolute atomic E-state index is 0.0859. The van der Waals surface area contributed by atoms with Crippen molar-refractivity contribution in [2.24, 2.45) is 5.73 Å². The van der Waals surface area contributed by atoms with Crippen LogP contribution in [0.5, 0.6) is 0 Å². The zero-order chi connectivity index (χ0) is 15.8. The molecule has 0 amide bonds. The van der Waals surface area contributed by atoms with Crippen molar-refractivity contribution >= 4 is 5.69 Å². The van der Waals surface area contributed by atoms with Crippen molar-refractivity contribution in [3.8, 4) is 11.4 Å². The molecular formula is C12H12F2N4O3. The number of halogens is 2. The molecule has 0 fully saturated rings. The van der Waals surface area contributed by atoms with Gasteiger partial charge < -0.3 is 10.3 Å². The molecule has 0 bridgehead atoms. The number of nitrogens with two attached hydrogens (primary N) is 1. The lowest BCUT2D eigenvalue weighted by Crippen LogP contribution is -2.34. The van der Waals surface area contributed by atoms with E-state index in [0.717, 1.165) is 12.1 Å². The molecule has 0 aliphatic carbocycles. The SMILES string of the molecule is CC(C)(N)Cc1nc(-c2c(F)ccc([N+](=O)[O-])c2F)no1. The number of nitro benzene ring substituents is 1. The Morgan fingerprint density at radius 2 is 2.10 bits per heavy atom. The maximum atomic E-state index is 14.0. The Kier molecular flexibility index (Phi) is 3.69. The Morgan fingerprint density at radius 3 is 2.67 bits per heavy atom. The molecule has 0 unspecified atom stereocenters. The van der Waals surface area contributed by atoms with Gasteiger partial charge in [0, 0.05) is 18.0 Å². The Bertz CT molecular complexity index is 694. The Labute approximate surface area is 117 Å². The second kappa shape index (κ2) is 5.17. The van der Waals surface area contributed by atoms with E-state index in [1.54, 1.807) is 13.8 Å². The summed E-state index contributed by atoms with van der Waals surface area (Å²) in [5, 5.41) is 14.1. The molecule has 2 aromatic rings. The molecule has 0 spiro atoms. The molecule has 2 rings (SSSR count). The third-order valence-electron chi connectivity index (χ3n) is 2.57. The predicted molar refractivity (Wildman–Crippen MR) is 68.3 cm³/mol. The van der Waals surface area contributed by atoms with E-state index in [4.69, 9.17) is 10.3 Å². The van der Waals surface area contributed by atoms with E-state index in [-0.39, 0.29) is 12.3 Å². The molecule has 2 N–H and O–H groups in total. The third kappa shape index (κ3) is 3.19. The van der Waals surface area contributed by atoms with Crippen LogP contribution >= 0.6 is 0 Å².